The summed E-state index contributed by atoms with van der Waals surface area (Å²) in [5.41, 5.74) is -7.47. The van der Waals surface area contributed by atoms with Gasteiger partial charge in [0.15, 0.2) is 6.29 Å². The molecular formula is C9H5F6NO2. The van der Waals surface area contributed by atoms with E-state index in [1.165, 1.54) is 0 Å². The molecule has 1 aromatic heterocycles. The Morgan fingerprint density at radius 1 is 1.06 bits per heavy atom. The minimum atomic E-state index is -6.01. The van der Waals surface area contributed by atoms with Crippen LogP contribution in [0.15, 0.2) is 18.2 Å². The lowest BCUT2D eigenvalue weighted by Crippen LogP contribution is -2.54. The Bertz CT molecular complexity index is 439. The van der Waals surface area contributed by atoms with Crippen LogP contribution in [0, 0.1) is 0 Å². The summed E-state index contributed by atoms with van der Waals surface area (Å²) in [4.78, 5) is 13.1. The Morgan fingerprint density at radius 3 is 1.94 bits per heavy atom. The Kier molecular flexibility index (Phi) is 3.39. The van der Waals surface area contributed by atoms with E-state index in [0.29, 0.717) is 6.07 Å². The zero-order chi connectivity index (χ0) is 14.2. The molecule has 0 spiro atoms. The van der Waals surface area contributed by atoms with Crippen molar-refractivity contribution in [2.75, 3.05) is 0 Å². The molecule has 1 heterocycles. The summed E-state index contributed by atoms with van der Waals surface area (Å²) >= 11 is 0. The number of hydrogen-bond donors (Lipinski definition) is 1. The number of alkyl halides is 6. The third-order valence-corrected chi connectivity index (χ3v) is 2.08. The average molecular weight is 273 g/mol. The van der Waals surface area contributed by atoms with Crippen molar-refractivity contribution in [3.05, 3.63) is 29.6 Å². The van der Waals surface area contributed by atoms with Gasteiger partial charge >= 0.3 is 12.4 Å². The highest BCUT2D eigenvalue weighted by molar-refractivity contribution is 5.71. The number of aldehydes is 1. The highest BCUT2D eigenvalue weighted by atomic mass is 19.4. The minimum absolute atomic E-state index is 0.0311. The Morgan fingerprint density at radius 2 is 1.56 bits per heavy atom. The number of pyridine rings is 1. The van der Waals surface area contributed by atoms with Crippen molar-refractivity contribution in [2.45, 2.75) is 18.0 Å². The van der Waals surface area contributed by atoms with Gasteiger partial charge in [0.05, 0.1) is 5.69 Å². The SMILES string of the molecule is O=Cc1cccc(C(O)(C(F)(F)F)C(F)(F)F)n1. The molecular weight excluding hydrogens is 268 g/mol. The van der Waals surface area contributed by atoms with Gasteiger partial charge in [-0.25, -0.2) is 4.98 Å². The van der Waals surface area contributed by atoms with Gasteiger partial charge in [0, 0.05) is 0 Å². The number of carbonyl (C=O) groups excluding carboxylic acids is 1. The van der Waals surface area contributed by atoms with E-state index < -0.39 is 29.3 Å². The number of aromatic nitrogens is 1. The smallest absolute Gasteiger partial charge is 0.368 e. The third kappa shape index (κ3) is 2.17. The van der Waals surface area contributed by atoms with Crippen LogP contribution in [0.4, 0.5) is 26.3 Å². The van der Waals surface area contributed by atoms with Crippen molar-refractivity contribution in [3.63, 3.8) is 0 Å². The highest BCUT2D eigenvalue weighted by Crippen LogP contribution is 2.49. The number of hydrogen-bond acceptors (Lipinski definition) is 3. The number of rotatable bonds is 2. The zero-order valence-electron chi connectivity index (χ0n) is 8.38. The molecule has 0 saturated heterocycles. The van der Waals surface area contributed by atoms with Gasteiger partial charge in [-0.1, -0.05) is 6.07 Å². The van der Waals surface area contributed by atoms with Crippen LogP contribution in [-0.4, -0.2) is 28.7 Å². The van der Waals surface area contributed by atoms with Crippen molar-refractivity contribution >= 4 is 6.29 Å². The van der Waals surface area contributed by atoms with Gasteiger partial charge in [-0.05, 0) is 12.1 Å². The Labute approximate surface area is 96.1 Å². The molecule has 0 atom stereocenters. The lowest BCUT2D eigenvalue weighted by molar-refractivity contribution is -0.377. The summed E-state index contributed by atoms with van der Waals surface area (Å²) in [5, 5.41) is 8.95. The summed E-state index contributed by atoms with van der Waals surface area (Å²) in [5.74, 6) is 0. The van der Waals surface area contributed by atoms with E-state index in [4.69, 9.17) is 5.11 Å². The molecule has 0 aliphatic heterocycles. The van der Waals surface area contributed by atoms with Gasteiger partial charge in [0.2, 0.25) is 0 Å². The van der Waals surface area contributed by atoms with Crippen LogP contribution < -0.4 is 0 Å². The molecule has 0 aliphatic carbocycles. The second kappa shape index (κ2) is 4.23. The van der Waals surface area contributed by atoms with Crippen molar-refractivity contribution in [2.24, 2.45) is 0 Å². The van der Waals surface area contributed by atoms with Gasteiger partial charge in [-0.15, -0.1) is 0 Å². The Hall–Kier alpha value is -1.64. The summed E-state index contributed by atoms with van der Waals surface area (Å²) in [7, 11) is 0. The minimum Gasteiger partial charge on any atom is -0.368 e. The van der Waals surface area contributed by atoms with Crippen LogP contribution in [0.3, 0.4) is 0 Å². The molecule has 3 nitrogen and oxygen atoms in total. The first-order chi connectivity index (χ1) is 8.04. The highest BCUT2D eigenvalue weighted by Gasteiger charge is 2.72. The first kappa shape index (κ1) is 14.4. The molecule has 100 valence electrons. The van der Waals surface area contributed by atoms with E-state index >= 15 is 0 Å². The molecule has 9 heteroatoms. The van der Waals surface area contributed by atoms with Gasteiger partial charge in [0.1, 0.15) is 5.69 Å². The fraction of sp³-hybridized carbons (Fsp3) is 0.333. The van der Waals surface area contributed by atoms with Crippen LogP contribution in [0.25, 0.3) is 0 Å². The van der Waals surface area contributed by atoms with E-state index in [-0.39, 0.29) is 6.29 Å². The molecule has 1 N–H and O–H groups in total. The molecule has 0 amide bonds. The number of nitrogens with zero attached hydrogens (tertiary/aromatic N) is 1. The monoisotopic (exact) mass is 273 g/mol. The average Bonchev–Trinajstić information content (AvgIpc) is 2.25. The molecule has 0 fully saturated rings. The first-order valence-electron chi connectivity index (χ1n) is 4.32. The maximum atomic E-state index is 12.4. The topological polar surface area (TPSA) is 50.2 Å². The summed E-state index contributed by atoms with van der Waals surface area (Å²) < 4.78 is 74.5. The summed E-state index contributed by atoms with van der Waals surface area (Å²) in [6, 6.07) is 2.01. The van der Waals surface area contributed by atoms with Gasteiger partial charge in [0.25, 0.3) is 5.60 Å². The fourth-order valence-corrected chi connectivity index (χ4v) is 1.17. The standard InChI is InChI=1S/C9H5F6NO2/c10-8(11,12)7(18,9(13,14)15)6-3-1-2-5(4-17)16-6/h1-4,18H. The predicted molar refractivity (Wildman–Crippen MR) is 45.6 cm³/mol. The predicted octanol–water partition coefficient (Wildman–Crippen LogP) is 2.21. The van der Waals surface area contributed by atoms with E-state index in [0.717, 1.165) is 12.1 Å². The van der Waals surface area contributed by atoms with E-state index in [1.807, 2.05) is 0 Å². The molecule has 0 bridgehead atoms. The maximum Gasteiger partial charge on any atom is 0.432 e. The Balaban J connectivity index is 3.50. The van der Waals surface area contributed by atoms with Crippen molar-refractivity contribution in [3.8, 4) is 0 Å². The molecule has 1 rings (SSSR count). The largest absolute Gasteiger partial charge is 0.432 e. The fourth-order valence-electron chi connectivity index (χ4n) is 1.17. The van der Waals surface area contributed by atoms with Crippen molar-refractivity contribution in [1.29, 1.82) is 0 Å². The van der Waals surface area contributed by atoms with Gasteiger partial charge in [-0.2, -0.15) is 26.3 Å². The van der Waals surface area contributed by atoms with Crippen LogP contribution >= 0.6 is 0 Å². The second-order valence-corrected chi connectivity index (χ2v) is 3.27. The van der Waals surface area contributed by atoms with Crippen molar-refractivity contribution in [1.82, 2.24) is 4.98 Å². The van der Waals surface area contributed by atoms with Gasteiger partial charge < -0.3 is 5.11 Å². The van der Waals surface area contributed by atoms with Crippen LogP contribution in [-0.2, 0) is 5.60 Å². The van der Waals surface area contributed by atoms with E-state index in [2.05, 4.69) is 4.98 Å². The second-order valence-electron chi connectivity index (χ2n) is 3.27. The first-order valence-corrected chi connectivity index (χ1v) is 4.32. The van der Waals surface area contributed by atoms with E-state index in [1.54, 1.807) is 0 Å². The lowest BCUT2D eigenvalue weighted by atomic mass is 9.97. The van der Waals surface area contributed by atoms with Crippen LogP contribution in [0.5, 0.6) is 0 Å². The lowest BCUT2D eigenvalue weighted by Gasteiger charge is -2.31. The normalized spacial score (nSPS) is 13.5. The molecule has 18 heavy (non-hydrogen) atoms. The number of carbonyl (C=O) groups is 1. The molecule has 1 aromatic rings. The zero-order valence-corrected chi connectivity index (χ0v) is 8.38. The number of aliphatic hydroxyl groups is 1. The van der Waals surface area contributed by atoms with Crippen LogP contribution in [0.1, 0.15) is 16.2 Å². The molecule has 0 aliphatic rings. The number of halogens is 6. The maximum absolute atomic E-state index is 12.4. The third-order valence-electron chi connectivity index (χ3n) is 2.08. The molecule has 0 aromatic carbocycles. The molecule has 0 radical (unpaired) electrons. The molecule has 0 saturated carbocycles. The summed E-state index contributed by atoms with van der Waals surface area (Å²) in [6.45, 7) is 0. The van der Waals surface area contributed by atoms with E-state index in [9.17, 15) is 31.1 Å². The molecule has 0 unspecified atom stereocenters. The van der Waals surface area contributed by atoms with Crippen molar-refractivity contribution < 1.29 is 36.2 Å². The quantitative estimate of drug-likeness (QED) is 0.664. The van der Waals surface area contributed by atoms with Crippen LogP contribution in [0.2, 0.25) is 0 Å². The summed E-state index contributed by atoms with van der Waals surface area (Å²) in [6.07, 6.45) is -12.1. The van der Waals surface area contributed by atoms with Gasteiger partial charge in [-0.3, -0.25) is 4.79 Å².